The third kappa shape index (κ3) is 1.81. The molecule has 82 valence electrons. The summed E-state index contributed by atoms with van der Waals surface area (Å²) in [5, 5.41) is 4.71. The predicted octanol–water partition coefficient (Wildman–Crippen LogP) is 2.70. The van der Waals surface area contributed by atoms with Gasteiger partial charge in [0.1, 0.15) is 0 Å². The second kappa shape index (κ2) is 4.22. The van der Waals surface area contributed by atoms with Crippen LogP contribution in [0.2, 0.25) is 0 Å². The van der Waals surface area contributed by atoms with Crippen molar-refractivity contribution >= 4 is 10.9 Å². The van der Waals surface area contributed by atoms with Crippen molar-refractivity contribution in [1.82, 2.24) is 10.3 Å². The highest BCUT2D eigenvalue weighted by atomic mass is 14.9. The zero-order valence-corrected chi connectivity index (χ0v) is 9.32. The molecule has 1 aliphatic heterocycles. The molecular formula is C14H16N2. The van der Waals surface area contributed by atoms with E-state index in [2.05, 4.69) is 34.6 Å². The zero-order chi connectivity index (χ0) is 10.8. The fourth-order valence-corrected chi connectivity index (χ4v) is 2.45. The highest BCUT2D eigenvalue weighted by Crippen LogP contribution is 2.24. The SMILES string of the molecule is c1ccc2ncc(C3CCCNC3)cc2c1. The van der Waals surface area contributed by atoms with Crippen molar-refractivity contribution in [3.8, 4) is 0 Å². The highest BCUT2D eigenvalue weighted by Gasteiger charge is 2.15. The third-order valence-corrected chi connectivity index (χ3v) is 3.38. The quantitative estimate of drug-likeness (QED) is 0.786. The monoisotopic (exact) mass is 212 g/mol. The summed E-state index contributed by atoms with van der Waals surface area (Å²) in [5.74, 6) is 0.644. The minimum absolute atomic E-state index is 0.644. The summed E-state index contributed by atoms with van der Waals surface area (Å²) in [6, 6.07) is 10.6. The van der Waals surface area contributed by atoms with Crippen LogP contribution in [0.3, 0.4) is 0 Å². The van der Waals surface area contributed by atoms with E-state index in [1.807, 2.05) is 12.3 Å². The summed E-state index contributed by atoms with van der Waals surface area (Å²) in [7, 11) is 0. The Labute approximate surface area is 95.7 Å². The Morgan fingerprint density at radius 1 is 1.25 bits per heavy atom. The van der Waals surface area contributed by atoms with Crippen LogP contribution in [-0.2, 0) is 0 Å². The molecule has 1 aliphatic rings. The minimum Gasteiger partial charge on any atom is -0.316 e. The molecule has 2 heterocycles. The van der Waals surface area contributed by atoms with E-state index in [0.717, 1.165) is 18.6 Å². The zero-order valence-electron chi connectivity index (χ0n) is 9.32. The Morgan fingerprint density at radius 2 is 2.19 bits per heavy atom. The second-order valence-corrected chi connectivity index (χ2v) is 4.50. The van der Waals surface area contributed by atoms with Crippen molar-refractivity contribution in [2.24, 2.45) is 0 Å². The number of rotatable bonds is 1. The molecule has 0 bridgehead atoms. The lowest BCUT2D eigenvalue weighted by atomic mass is 9.92. The Bertz CT molecular complexity index is 487. The summed E-state index contributed by atoms with van der Waals surface area (Å²) >= 11 is 0. The number of nitrogens with one attached hydrogen (secondary N) is 1. The largest absolute Gasteiger partial charge is 0.316 e. The first-order valence-corrected chi connectivity index (χ1v) is 5.99. The standard InChI is InChI=1S/C14H16N2/c1-2-6-14-11(4-1)8-13(10-16-14)12-5-3-7-15-9-12/h1-2,4,6,8,10,12,15H,3,5,7,9H2. The lowest BCUT2D eigenvalue weighted by molar-refractivity contribution is 0.461. The maximum atomic E-state index is 4.53. The number of piperidine rings is 1. The molecule has 2 heteroatoms. The van der Waals surface area contributed by atoms with Crippen LogP contribution in [0.15, 0.2) is 36.5 Å². The molecule has 0 spiro atoms. The number of pyridine rings is 1. The van der Waals surface area contributed by atoms with Gasteiger partial charge in [-0.25, -0.2) is 0 Å². The summed E-state index contributed by atoms with van der Waals surface area (Å²) in [6.07, 6.45) is 4.60. The number of aromatic nitrogens is 1. The van der Waals surface area contributed by atoms with Gasteiger partial charge in [0, 0.05) is 18.1 Å². The highest BCUT2D eigenvalue weighted by molar-refractivity contribution is 5.78. The molecule has 0 aliphatic carbocycles. The topological polar surface area (TPSA) is 24.9 Å². The fourth-order valence-electron chi connectivity index (χ4n) is 2.45. The van der Waals surface area contributed by atoms with Gasteiger partial charge >= 0.3 is 0 Å². The van der Waals surface area contributed by atoms with Crippen molar-refractivity contribution in [3.63, 3.8) is 0 Å². The van der Waals surface area contributed by atoms with Gasteiger partial charge in [-0.3, -0.25) is 4.98 Å². The third-order valence-electron chi connectivity index (χ3n) is 3.38. The molecule has 16 heavy (non-hydrogen) atoms. The molecule has 0 radical (unpaired) electrons. The molecule has 2 nitrogen and oxygen atoms in total. The van der Waals surface area contributed by atoms with Gasteiger partial charge in [0.2, 0.25) is 0 Å². The number of hydrogen-bond acceptors (Lipinski definition) is 2. The molecule has 1 saturated heterocycles. The first-order valence-electron chi connectivity index (χ1n) is 5.99. The van der Waals surface area contributed by atoms with Gasteiger partial charge in [-0.1, -0.05) is 18.2 Å². The molecule has 1 aromatic carbocycles. The van der Waals surface area contributed by atoms with Crippen LogP contribution in [0.5, 0.6) is 0 Å². The lowest BCUT2D eigenvalue weighted by Crippen LogP contribution is -2.28. The first kappa shape index (κ1) is 9.79. The average molecular weight is 212 g/mol. The number of para-hydroxylation sites is 1. The number of nitrogens with zero attached hydrogens (tertiary/aromatic N) is 1. The van der Waals surface area contributed by atoms with Crippen molar-refractivity contribution in [2.75, 3.05) is 13.1 Å². The molecule has 3 rings (SSSR count). The van der Waals surface area contributed by atoms with Crippen LogP contribution in [0.25, 0.3) is 10.9 Å². The van der Waals surface area contributed by atoms with Gasteiger partial charge in [0.25, 0.3) is 0 Å². The van der Waals surface area contributed by atoms with E-state index >= 15 is 0 Å². The van der Waals surface area contributed by atoms with Crippen LogP contribution < -0.4 is 5.32 Å². The van der Waals surface area contributed by atoms with Crippen LogP contribution in [0, 0.1) is 0 Å². The van der Waals surface area contributed by atoms with E-state index < -0.39 is 0 Å². The molecule has 1 unspecified atom stereocenters. The molecule has 1 aromatic heterocycles. The van der Waals surface area contributed by atoms with Crippen LogP contribution in [0.1, 0.15) is 24.3 Å². The molecule has 1 N–H and O–H groups in total. The predicted molar refractivity (Wildman–Crippen MR) is 66.6 cm³/mol. The van der Waals surface area contributed by atoms with Crippen molar-refractivity contribution in [1.29, 1.82) is 0 Å². The molecular weight excluding hydrogens is 196 g/mol. The molecule has 1 atom stereocenters. The van der Waals surface area contributed by atoms with Gasteiger partial charge in [-0.2, -0.15) is 0 Å². The first-order chi connectivity index (χ1) is 7.93. The fraction of sp³-hybridized carbons (Fsp3) is 0.357. The van der Waals surface area contributed by atoms with Crippen molar-refractivity contribution < 1.29 is 0 Å². The lowest BCUT2D eigenvalue weighted by Gasteiger charge is -2.22. The average Bonchev–Trinajstić information content (AvgIpc) is 2.39. The Kier molecular flexibility index (Phi) is 2.58. The van der Waals surface area contributed by atoms with Gasteiger partial charge in [-0.15, -0.1) is 0 Å². The number of fused-ring (bicyclic) bond motifs is 1. The van der Waals surface area contributed by atoms with Crippen molar-refractivity contribution in [3.05, 3.63) is 42.1 Å². The maximum absolute atomic E-state index is 4.53. The van der Waals surface area contributed by atoms with Crippen molar-refractivity contribution in [2.45, 2.75) is 18.8 Å². The number of benzene rings is 1. The van der Waals surface area contributed by atoms with E-state index in [4.69, 9.17) is 0 Å². The van der Waals surface area contributed by atoms with E-state index in [1.54, 1.807) is 0 Å². The van der Waals surface area contributed by atoms with Gasteiger partial charge < -0.3 is 5.32 Å². The molecule has 1 fully saturated rings. The number of hydrogen-bond donors (Lipinski definition) is 1. The Balaban J connectivity index is 1.97. The smallest absolute Gasteiger partial charge is 0.0702 e. The second-order valence-electron chi connectivity index (χ2n) is 4.50. The van der Waals surface area contributed by atoms with E-state index in [1.165, 1.54) is 23.8 Å². The van der Waals surface area contributed by atoms with Gasteiger partial charge in [-0.05, 0) is 43.0 Å². The van der Waals surface area contributed by atoms with Gasteiger partial charge in [0.05, 0.1) is 5.52 Å². The van der Waals surface area contributed by atoms with Crippen LogP contribution in [-0.4, -0.2) is 18.1 Å². The summed E-state index contributed by atoms with van der Waals surface area (Å²) < 4.78 is 0. The van der Waals surface area contributed by atoms with E-state index in [0.29, 0.717) is 5.92 Å². The minimum atomic E-state index is 0.644. The van der Waals surface area contributed by atoms with Crippen LogP contribution in [0.4, 0.5) is 0 Å². The van der Waals surface area contributed by atoms with E-state index in [9.17, 15) is 0 Å². The molecule has 2 aromatic rings. The van der Waals surface area contributed by atoms with Crippen LogP contribution >= 0.6 is 0 Å². The normalized spacial score (nSPS) is 21.1. The maximum Gasteiger partial charge on any atom is 0.0702 e. The summed E-state index contributed by atoms with van der Waals surface area (Å²) in [6.45, 7) is 2.26. The van der Waals surface area contributed by atoms with Gasteiger partial charge in [0.15, 0.2) is 0 Å². The Hall–Kier alpha value is -1.41. The Morgan fingerprint density at radius 3 is 3.06 bits per heavy atom. The molecule has 0 amide bonds. The molecule has 0 saturated carbocycles. The summed E-state index contributed by atoms with van der Waals surface area (Å²) in [4.78, 5) is 4.53. The summed E-state index contributed by atoms with van der Waals surface area (Å²) in [5.41, 5.74) is 2.47. The van der Waals surface area contributed by atoms with E-state index in [-0.39, 0.29) is 0 Å².